The SMILES string of the molecule is COc1cccc(C2C(=C(O)c3ccc4c(c3)OCCO4)C(=O)C(=O)N2CCCN(C)C)c1. The number of methoxy groups -OCH3 is 1. The molecule has 0 aliphatic carbocycles. The molecule has 33 heavy (non-hydrogen) atoms. The standard InChI is InChI=1S/C25H28N2O6/c1-26(2)10-5-11-27-22(16-6-4-7-18(14-16)31-3)21(24(29)25(27)30)23(28)17-8-9-19-20(15-17)33-13-12-32-19/h4,6-9,14-15,22,28H,5,10-13H2,1-3H3. The van der Waals surface area contributed by atoms with Gasteiger partial charge in [-0.3, -0.25) is 9.59 Å². The van der Waals surface area contributed by atoms with E-state index in [1.807, 2.05) is 25.1 Å². The first-order chi connectivity index (χ1) is 15.9. The second kappa shape index (κ2) is 9.54. The van der Waals surface area contributed by atoms with Crippen molar-refractivity contribution in [1.82, 2.24) is 9.80 Å². The normalized spacial score (nSPS) is 19.3. The second-order valence-corrected chi connectivity index (χ2v) is 8.28. The first-order valence-corrected chi connectivity index (χ1v) is 10.9. The molecule has 8 nitrogen and oxygen atoms in total. The van der Waals surface area contributed by atoms with E-state index in [2.05, 4.69) is 0 Å². The smallest absolute Gasteiger partial charge is 0.295 e. The minimum absolute atomic E-state index is 0.0507. The molecule has 1 fully saturated rings. The number of hydrogen-bond donors (Lipinski definition) is 1. The van der Waals surface area contributed by atoms with E-state index in [4.69, 9.17) is 14.2 Å². The Morgan fingerprint density at radius 2 is 1.88 bits per heavy atom. The van der Waals surface area contributed by atoms with Crippen LogP contribution < -0.4 is 14.2 Å². The molecule has 0 aromatic heterocycles. The van der Waals surface area contributed by atoms with Gasteiger partial charge in [-0.05, 0) is 63.0 Å². The Morgan fingerprint density at radius 1 is 1.12 bits per heavy atom. The number of ether oxygens (including phenoxy) is 3. The molecule has 1 saturated heterocycles. The Kier molecular flexibility index (Phi) is 6.55. The summed E-state index contributed by atoms with van der Waals surface area (Å²) in [6.45, 7) is 1.99. The predicted molar refractivity (Wildman–Crippen MR) is 123 cm³/mol. The Bertz CT molecular complexity index is 1090. The van der Waals surface area contributed by atoms with Crippen LogP contribution in [0.15, 0.2) is 48.0 Å². The summed E-state index contributed by atoms with van der Waals surface area (Å²) in [6, 6.07) is 11.5. The molecule has 8 heteroatoms. The number of rotatable bonds is 7. The van der Waals surface area contributed by atoms with Crippen LogP contribution >= 0.6 is 0 Å². The number of carbonyl (C=O) groups excluding carboxylic acids is 2. The van der Waals surface area contributed by atoms with Gasteiger partial charge in [0.05, 0.1) is 18.7 Å². The Labute approximate surface area is 193 Å². The summed E-state index contributed by atoms with van der Waals surface area (Å²) < 4.78 is 16.5. The highest BCUT2D eigenvalue weighted by atomic mass is 16.6. The number of benzene rings is 2. The molecule has 0 bridgehead atoms. The zero-order chi connectivity index (χ0) is 23.5. The molecule has 2 heterocycles. The van der Waals surface area contributed by atoms with Crippen molar-refractivity contribution in [3.8, 4) is 17.2 Å². The number of likely N-dealkylation sites (tertiary alicyclic amines) is 1. The van der Waals surface area contributed by atoms with E-state index in [1.54, 1.807) is 43.5 Å². The van der Waals surface area contributed by atoms with Crippen LogP contribution in [0.2, 0.25) is 0 Å². The summed E-state index contributed by atoms with van der Waals surface area (Å²) in [4.78, 5) is 29.7. The Morgan fingerprint density at radius 3 is 2.61 bits per heavy atom. The number of aliphatic hydroxyl groups is 1. The molecule has 2 aliphatic heterocycles. The molecule has 1 amide bonds. The van der Waals surface area contributed by atoms with Crippen LogP contribution in [0.5, 0.6) is 17.2 Å². The number of Topliss-reactive ketones (excluding diaryl/α,β-unsaturated/α-hetero) is 1. The number of carbonyl (C=O) groups is 2. The van der Waals surface area contributed by atoms with E-state index in [0.717, 1.165) is 6.54 Å². The third-order valence-corrected chi connectivity index (χ3v) is 5.77. The fourth-order valence-corrected chi connectivity index (χ4v) is 4.17. The van der Waals surface area contributed by atoms with E-state index in [-0.39, 0.29) is 11.3 Å². The summed E-state index contributed by atoms with van der Waals surface area (Å²) in [7, 11) is 5.47. The average Bonchev–Trinajstić information content (AvgIpc) is 3.08. The van der Waals surface area contributed by atoms with E-state index < -0.39 is 17.7 Å². The van der Waals surface area contributed by atoms with Crippen LogP contribution in [0.4, 0.5) is 0 Å². The molecule has 2 aliphatic rings. The number of nitrogens with zero attached hydrogens (tertiary/aromatic N) is 2. The summed E-state index contributed by atoms with van der Waals surface area (Å²) in [5.41, 5.74) is 1.13. The lowest BCUT2D eigenvalue weighted by Crippen LogP contribution is -2.32. The van der Waals surface area contributed by atoms with E-state index >= 15 is 0 Å². The number of amides is 1. The summed E-state index contributed by atoms with van der Waals surface area (Å²) >= 11 is 0. The first-order valence-electron chi connectivity index (χ1n) is 10.9. The summed E-state index contributed by atoms with van der Waals surface area (Å²) in [5.74, 6) is 0.0921. The maximum atomic E-state index is 13.1. The van der Waals surface area contributed by atoms with Crippen LogP contribution in [-0.2, 0) is 9.59 Å². The van der Waals surface area contributed by atoms with Crippen LogP contribution in [0.1, 0.15) is 23.6 Å². The molecule has 0 saturated carbocycles. The van der Waals surface area contributed by atoms with Crippen molar-refractivity contribution in [1.29, 1.82) is 0 Å². The third-order valence-electron chi connectivity index (χ3n) is 5.77. The molecule has 4 rings (SSSR count). The molecule has 2 aromatic rings. The average molecular weight is 453 g/mol. The second-order valence-electron chi connectivity index (χ2n) is 8.28. The van der Waals surface area contributed by atoms with E-state index in [1.165, 1.54) is 4.90 Å². The van der Waals surface area contributed by atoms with Crippen LogP contribution in [-0.4, -0.2) is 74.1 Å². The molecule has 2 aromatic carbocycles. The first kappa shape index (κ1) is 22.7. The Balaban J connectivity index is 1.79. The van der Waals surface area contributed by atoms with Crippen molar-refractivity contribution in [2.75, 3.05) is 47.5 Å². The maximum absolute atomic E-state index is 13.1. The van der Waals surface area contributed by atoms with E-state index in [0.29, 0.717) is 54.6 Å². The van der Waals surface area contributed by atoms with Crippen molar-refractivity contribution in [2.45, 2.75) is 12.5 Å². The Hall–Kier alpha value is -3.52. The zero-order valence-electron chi connectivity index (χ0n) is 19.0. The molecular weight excluding hydrogens is 424 g/mol. The fourth-order valence-electron chi connectivity index (χ4n) is 4.17. The van der Waals surface area contributed by atoms with Gasteiger partial charge in [0.25, 0.3) is 11.7 Å². The van der Waals surface area contributed by atoms with Crippen molar-refractivity contribution < 1.29 is 28.9 Å². The van der Waals surface area contributed by atoms with E-state index in [9.17, 15) is 14.7 Å². The van der Waals surface area contributed by atoms with Gasteiger partial charge < -0.3 is 29.1 Å². The van der Waals surface area contributed by atoms with Crippen LogP contribution in [0.3, 0.4) is 0 Å². The van der Waals surface area contributed by atoms with Gasteiger partial charge in [0, 0.05) is 12.1 Å². The van der Waals surface area contributed by atoms with Gasteiger partial charge in [0.15, 0.2) is 11.5 Å². The van der Waals surface area contributed by atoms with Crippen LogP contribution in [0.25, 0.3) is 5.76 Å². The highest BCUT2D eigenvalue weighted by Gasteiger charge is 2.46. The van der Waals surface area contributed by atoms with Gasteiger partial charge in [-0.1, -0.05) is 12.1 Å². The highest BCUT2D eigenvalue weighted by Crippen LogP contribution is 2.41. The lowest BCUT2D eigenvalue weighted by atomic mass is 9.95. The lowest BCUT2D eigenvalue weighted by Gasteiger charge is -2.26. The van der Waals surface area contributed by atoms with Gasteiger partial charge >= 0.3 is 0 Å². The van der Waals surface area contributed by atoms with Crippen molar-refractivity contribution >= 4 is 17.4 Å². The highest BCUT2D eigenvalue weighted by molar-refractivity contribution is 6.46. The zero-order valence-corrected chi connectivity index (χ0v) is 19.0. The maximum Gasteiger partial charge on any atom is 0.295 e. The van der Waals surface area contributed by atoms with Gasteiger partial charge in [-0.25, -0.2) is 0 Å². The largest absolute Gasteiger partial charge is 0.507 e. The monoisotopic (exact) mass is 452 g/mol. The molecule has 0 radical (unpaired) electrons. The van der Waals surface area contributed by atoms with Gasteiger partial charge in [0.2, 0.25) is 0 Å². The number of fused-ring (bicyclic) bond motifs is 1. The number of ketones is 1. The molecule has 0 spiro atoms. The van der Waals surface area contributed by atoms with Crippen molar-refractivity contribution in [3.05, 3.63) is 59.2 Å². The fraction of sp³-hybridized carbons (Fsp3) is 0.360. The van der Waals surface area contributed by atoms with Crippen molar-refractivity contribution in [3.63, 3.8) is 0 Å². The lowest BCUT2D eigenvalue weighted by molar-refractivity contribution is -0.139. The topological polar surface area (TPSA) is 88.5 Å². The molecule has 1 unspecified atom stereocenters. The summed E-state index contributed by atoms with van der Waals surface area (Å²) in [6.07, 6.45) is 0.685. The summed E-state index contributed by atoms with van der Waals surface area (Å²) in [5, 5.41) is 11.2. The molecule has 1 atom stereocenters. The third kappa shape index (κ3) is 4.52. The van der Waals surface area contributed by atoms with Gasteiger partial charge in [-0.15, -0.1) is 0 Å². The van der Waals surface area contributed by atoms with Gasteiger partial charge in [0.1, 0.15) is 24.7 Å². The van der Waals surface area contributed by atoms with Gasteiger partial charge in [-0.2, -0.15) is 0 Å². The predicted octanol–water partition coefficient (Wildman–Crippen LogP) is 2.84. The quantitative estimate of drug-likeness (QED) is 0.393. The molecule has 174 valence electrons. The van der Waals surface area contributed by atoms with Crippen molar-refractivity contribution in [2.24, 2.45) is 0 Å². The molecule has 1 N–H and O–H groups in total. The number of hydrogen-bond acceptors (Lipinski definition) is 7. The minimum Gasteiger partial charge on any atom is -0.507 e. The number of aliphatic hydroxyl groups excluding tert-OH is 1. The molecular formula is C25H28N2O6. The minimum atomic E-state index is -0.726. The van der Waals surface area contributed by atoms with Crippen LogP contribution in [0, 0.1) is 0 Å².